The van der Waals surface area contributed by atoms with E-state index in [1.807, 2.05) is 52.3 Å². The van der Waals surface area contributed by atoms with Crippen LogP contribution in [-0.2, 0) is 17.8 Å². The van der Waals surface area contributed by atoms with Gasteiger partial charge in [-0.1, -0.05) is 48.2 Å². The van der Waals surface area contributed by atoms with Gasteiger partial charge in [-0.15, -0.1) is 0 Å². The van der Waals surface area contributed by atoms with Crippen LogP contribution in [0.25, 0.3) is 10.9 Å². The first-order valence-electron chi connectivity index (χ1n) is 9.85. The first kappa shape index (κ1) is 18.2. The van der Waals surface area contributed by atoms with Crippen LogP contribution in [0.3, 0.4) is 0 Å². The van der Waals surface area contributed by atoms with Crippen molar-refractivity contribution in [2.45, 2.75) is 13.0 Å². The van der Waals surface area contributed by atoms with Gasteiger partial charge in [0.05, 0.1) is 23.3 Å². The number of pyridine rings is 1. The third-order valence-electron chi connectivity index (χ3n) is 5.57. The molecule has 0 aliphatic carbocycles. The van der Waals surface area contributed by atoms with Gasteiger partial charge in [-0.2, -0.15) is 0 Å². The number of para-hydroxylation sites is 1. The predicted molar refractivity (Wildman–Crippen MR) is 116 cm³/mol. The summed E-state index contributed by atoms with van der Waals surface area (Å²) in [5.74, 6) is 0.829. The molecule has 5 nitrogen and oxygen atoms in total. The highest BCUT2D eigenvalue weighted by atomic mass is 32.2. The summed E-state index contributed by atoms with van der Waals surface area (Å²) in [5.41, 5.74) is 4.68. The van der Waals surface area contributed by atoms with Gasteiger partial charge in [0.1, 0.15) is 0 Å². The zero-order valence-corrected chi connectivity index (χ0v) is 16.8. The number of anilines is 1. The number of hydrogen-bond acceptors (Lipinski definition) is 5. The van der Waals surface area contributed by atoms with Gasteiger partial charge < -0.3 is 9.80 Å². The summed E-state index contributed by atoms with van der Waals surface area (Å²) in [6, 6.07) is 18.2. The number of thioether (sulfide) groups is 1. The van der Waals surface area contributed by atoms with Crippen molar-refractivity contribution >= 4 is 39.4 Å². The summed E-state index contributed by atoms with van der Waals surface area (Å²) >= 11 is 1.37. The second-order valence-electron chi connectivity index (χ2n) is 7.43. The Morgan fingerprint density at radius 1 is 0.966 bits per heavy atom. The summed E-state index contributed by atoms with van der Waals surface area (Å²) in [4.78, 5) is 33.7. The van der Waals surface area contributed by atoms with Crippen molar-refractivity contribution < 1.29 is 9.59 Å². The Kier molecular flexibility index (Phi) is 4.72. The van der Waals surface area contributed by atoms with Crippen molar-refractivity contribution in [2.24, 2.45) is 0 Å². The molecule has 0 radical (unpaired) electrons. The number of carbonyl (C=O) groups is 2. The quantitative estimate of drug-likeness (QED) is 0.667. The lowest BCUT2D eigenvalue weighted by molar-refractivity contribution is -0.110. The molecule has 3 aromatic rings. The maximum Gasteiger partial charge on any atom is 0.256 e. The Balaban J connectivity index is 1.34. The molecule has 2 aromatic carbocycles. The molecule has 0 spiro atoms. The smallest absolute Gasteiger partial charge is 0.256 e. The van der Waals surface area contributed by atoms with Crippen LogP contribution in [0.5, 0.6) is 0 Å². The summed E-state index contributed by atoms with van der Waals surface area (Å²) in [7, 11) is 0. The van der Waals surface area contributed by atoms with E-state index in [2.05, 4.69) is 12.1 Å². The fourth-order valence-corrected chi connectivity index (χ4v) is 4.88. The number of carbonyl (C=O) groups excluding carboxylic acids is 2. The van der Waals surface area contributed by atoms with Gasteiger partial charge in [-0.25, -0.2) is 0 Å². The van der Waals surface area contributed by atoms with Crippen molar-refractivity contribution in [1.29, 1.82) is 0 Å². The SMILES string of the molecule is O=C1CN(c2cccc3c2C(=O)N(CCc2ccc4ccccc4n2)C3)CCS1. The van der Waals surface area contributed by atoms with Crippen LogP contribution in [-0.4, -0.2) is 46.3 Å². The van der Waals surface area contributed by atoms with Gasteiger partial charge in [0.15, 0.2) is 0 Å². The maximum absolute atomic E-state index is 13.2. The molecule has 0 unspecified atom stereocenters. The van der Waals surface area contributed by atoms with E-state index in [9.17, 15) is 9.59 Å². The summed E-state index contributed by atoms with van der Waals surface area (Å²) in [6.45, 7) is 2.41. The van der Waals surface area contributed by atoms with Gasteiger partial charge in [0.25, 0.3) is 5.91 Å². The number of hydrogen-bond donors (Lipinski definition) is 0. The number of aromatic nitrogens is 1. The van der Waals surface area contributed by atoms with E-state index in [0.717, 1.165) is 52.1 Å². The molecular formula is C23H21N3O2S. The van der Waals surface area contributed by atoms with Crippen LogP contribution < -0.4 is 4.90 Å². The molecule has 1 aromatic heterocycles. The van der Waals surface area contributed by atoms with Gasteiger partial charge in [-0.05, 0) is 23.8 Å². The average Bonchev–Trinajstić information content (AvgIpc) is 3.08. The largest absolute Gasteiger partial charge is 0.362 e. The van der Waals surface area contributed by atoms with Crippen LogP contribution in [0.1, 0.15) is 21.6 Å². The number of fused-ring (bicyclic) bond motifs is 2. The van der Waals surface area contributed by atoms with Crippen molar-refractivity contribution in [3.8, 4) is 0 Å². The molecule has 0 atom stereocenters. The highest BCUT2D eigenvalue weighted by Crippen LogP contribution is 2.33. The lowest BCUT2D eigenvalue weighted by atomic mass is 10.1. The lowest BCUT2D eigenvalue weighted by Gasteiger charge is -2.28. The van der Waals surface area contributed by atoms with E-state index in [0.29, 0.717) is 19.6 Å². The second kappa shape index (κ2) is 7.52. The van der Waals surface area contributed by atoms with Crippen LogP contribution in [0.2, 0.25) is 0 Å². The monoisotopic (exact) mass is 403 g/mol. The van der Waals surface area contributed by atoms with E-state index in [4.69, 9.17) is 4.98 Å². The molecule has 2 aliphatic rings. The van der Waals surface area contributed by atoms with Gasteiger partial charge in [0, 0.05) is 42.9 Å². The van der Waals surface area contributed by atoms with Gasteiger partial charge in [0.2, 0.25) is 5.12 Å². The Morgan fingerprint density at radius 2 is 1.86 bits per heavy atom. The molecule has 0 N–H and O–H groups in total. The zero-order valence-electron chi connectivity index (χ0n) is 16.0. The highest BCUT2D eigenvalue weighted by molar-refractivity contribution is 8.13. The molecular weight excluding hydrogens is 382 g/mol. The molecule has 0 saturated carbocycles. The molecule has 6 heteroatoms. The summed E-state index contributed by atoms with van der Waals surface area (Å²) in [6.07, 6.45) is 0.721. The molecule has 1 fully saturated rings. The van der Waals surface area contributed by atoms with Crippen LogP contribution in [0, 0.1) is 0 Å². The Labute approximate surface area is 173 Å². The minimum absolute atomic E-state index is 0.0575. The summed E-state index contributed by atoms with van der Waals surface area (Å²) < 4.78 is 0. The van der Waals surface area contributed by atoms with Crippen LogP contribution >= 0.6 is 11.8 Å². The van der Waals surface area contributed by atoms with E-state index in [-0.39, 0.29) is 11.0 Å². The second-order valence-corrected chi connectivity index (χ2v) is 8.58. The molecule has 2 aliphatic heterocycles. The van der Waals surface area contributed by atoms with Crippen LogP contribution in [0.4, 0.5) is 5.69 Å². The zero-order chi connectivity index (χ0) is 19.8. The van der Waals surface area contributed by atoms with Crippen molar-refractivity contribution in [3.63, 3.8) is 0 Å². The molecule has 1 amide bonds. The normalized spacial score (nSPS) is 16.6. The minimum atomic E-state index is 0.0575. The Bertz CT molecular complexity index is 1110. The van der Waals surface area contributed by atoms with Crippen molar-refractivity contribution in [1.82, 2.24) is 9.88 Å². The standard InChI is InChI=1S/C23H21N3O2S/c27-21-15-25(12-13-29-21)20-7-3-5-17-14-26(23(28)22(17)20)11-10-18-9-8-16-4-1-2-6-19(16)24-18/h1-9H,10-15H2. The number of benzene rings is 2. The molecule has 5 rings (SSSR count). The van der Waals surface area contributed by atoms with E-state index in [1.54, 1.807) is 0 Å². The average molecular weight is 404 g/mol. The Hall–Kier alpha value is -2.86. The fourth-order valence-electron chi connectivity index (χ4n) is 4.10. The highest BCUT2D eigenvalue weighted by Gasteiger charge is 2.32. The van der Waals surface area contributed by atoms with Crippen LogP contribution in [0.15, 0.2) is 54.6 Å². The molecule has 3 heterocycles. The Morgan fingerprint density at radius 3 is 2.76 bits per heavy atom. The number of nitrogens with zero attached hydrogens (tertiary/aromatic N) is 3. The maximum atomic E-state index is 13.2. The topological polar surface area (TPSA) is 53.5 Å². The lowest BCUT2D eigenvalue weighted by Crippen LogP contribution is -2.36. The third kappa shape index (κ3) is 3.49. The number of amides is 1. The first-order valence-corrected chi connectivity index (χ1v) is 10.8. The predicted octanol–water partition coefficient (Wildman–Crippen LogP) is 3.51. The molecule has 146 valence electrons. The molecule has 0 bridgehead atoms. The van der Waals surface area contributed by atoms with Crippen molar-refractivity contribution in [3.05, 3.63) is 71.4 Å². The van der Waals surface area contributed by atoms with Gasteiger partial charge in [-0.3, -0.25) is 14.6 Å². The summed E-state index contributed by atoms with van der Waals surface area (Å²) in [5, 5.41) is 1.29. The molecule has 29 heavy (non-hydrogen) atoms. The van der Waals surface area contributed by atoms with Gasteiger partial charge >= 0.3 is 0 Å². The number of rotatable bonds is 4. The van der Waals surface area contributed by atoms with Crippen molar-refractivity contribution in [2.75, 3.05) is 30.3 Å². The fraction of sp³-hybridized carbons (Fsp3) is 0.261. The van der Waals surface area contributed by atoms with E-state index >= 15 is 0 Å². The van der Waals surface area contributed by atoms with E-state index < -0.39 is 0 Å². The molecule has 1 saturated heterocycles. The minimum Gasteiger partial charge on any atom is -0.362 e. The van der Waals surface area contributed by atoms with E-state index in [1.165, 1.54) is 11.8 Å². The third-order valence-corrected chi connectivity index (χ3v) is 6.41. The first-order chi connectivity index (χ1) is 14.2.